The molecule has 132 valence electrons. The largest absolute Gasteiger partial charge is 0.466 e. The van der Waals surface area contributed by atoms with Crippen LogP contribution in [0.15, 0.2) is 23.1 Å². The highest BCUT2D eigenvalue weighted by molar-refractivity contribution is 7.89. The SMILES string of the molecule is CCOC(=O)[C@H]1CCCN(S(=O)(=O)c2ccc(Cl)c([N+](=O)[O-])c2)C1. The summed E-state index contributed by atoms with van der Waals surface area (Å²) in [5.74, 6) is -0.963. The van der Waals surface area contributed by atoms with Crippen LogP contribution in [-0.2, 0) is 19.6 Å². The van der Waals surface area contributed by atoms with Gasteiger partial charge in [0.15, 0.2) is 0 Å². The molecule has 0 saturated carbocycles. The normalized spacial score (nSPS) is 19.0. The topological polar surface area (TPSA) is 107 Å². The smallest absolute Gasteiger partial charge is 0.310 e. The molecule has 1 fully saturated rings. The number of benzene rings is 1. The minimum atomic E-state index is -3.95. The van der Waals surface area contributed by atoms with Crippen LogP contribution in [0, 0.1) is 16.0 Å². The quantitative estimate of drug-likeness (QED) is 0.443. The van der Waals surface area contributed by atoms with E-state index in [-0.39, 0.29) is 29.6 Å². The molecule has 8 nitrogen and oxygen atoms in total. The number of nitrogens with zero attached hydrogens (tertiary/aromatic N) is 2. The van der Waals surface area contributed by atoms with E-state index in [2.05, 4.69) is 0 Å². The standard InChI is InChI=1S/C14H17ClN2O6S/c1-2-23-14(18)10-4-3-7-16(9-10)24(21,22)11-5-6-12(15)13(8-11)17(19)20/h5-6,8,10H,2-4,7,9H2,1H3/t10-/m0/s1. The van der Waals surface area contributed by atoms with Crippen molar-refractivity contribution in [3.05, 3.63) is 33.3 Å². The fourth-order valence-corrected chi connectivity index (χ4v) is 4.29. The van der Waals surface area contributed by atoms with Gasteiger partial charge in [-0.15, -0.1) is 0 Å². The Morgan fingerprint density at radius 1 is 1.50 bits per heavy atom. The zero-order chi connectivity index (χ0) is 17.9. The summed E-state index contributed by atoms with van der Waals surface area (Å²) >= 11 is 5.72. The molecule has 0 aliphatic carbocycles. The van der Waals surface area contributed by atoms with Gasteiger partial charge in [0.25, 0.3) is 5.69 Å². The monoisotopic (exact) mass is 376 g/mol. The zero-order valence-corrected chi connectivity index (χ0v) is 14.5. The summed E-state index contributed by atoms with van der Waals surface area (Å²) in [6.07, 6.45) is 1.06. The van der Waals surface area contributed by atoms with E-state index in [1.54, 1.807) is 6.92 Å². The van der Waals surface area contributed by atoms with Crippen molar-refractivity contribution in [3.63, 3.8) is 0 Å². The van der Waals surface area contributed by atoms with Crippen molar-refractivity contribution in [2.24, 2.45) is 5.92 Å². The van der Waals surface area contributed by atoms with Gasteiger partial charge < -0.3 is 4.74 Å². The van der Waals surface area contributed by atoms with Crippen LogP contribution in [0.4, 0.5) is 5.69 Å². The lowest BCUT2D eigenvalue weighted by Crippen LogP contribution is -2.42. The maximum atomic E-state index is 12.7. The van der Waals surface area contributed by atoms with E-state index in [9.17, 15) is 23.3 Å². The van der Waals surface area contributed by atoms with Crippen molar-refractivity contribution in [2.75, 3.05) is 19.7 Å². The van der Waals surface area contributed by atoms with Gasteiger partial charge >= 0.3 is 5.97 Å². The van der Waals surface area contributed by atoms with Crippen molar-refractivity contribution in [3.8, 4) is 0 Å². The molecule has 1 saturated heterocycles. The van der Waals surface area contributed by atoms with Crippen LogP contribution in [0.25, 0.3) is 0 Å². The van der Waals surface area contributed by atoms with Gasteiger partial charge in [-0.05, 0) is 31.9 Å². The van der Waals surface area contributed by atoms with Crippen LogP contribution in [0.5, 0.6) is 0 Å². The van der Waals surface area contributed by atoms with Crippen LogP contribution < -0.4 is 0 Å². The first-order valence-corrected chi connectivity index (χ1v) is 9.20. The highest BCUT2D eigenvalue weighted by Crippen LogP contribution is 2.30. The summed E-state index contributed by atoms with van der Waals surface area (Å²) in [4.78, 5) is 21.8. The van der Waals surface area contributed by atoms with Crippen LogP contribution in [0.2, 0.25) is 5.02 Å². The predicted molar refractivity (Wildman–Crippen MR) is 86.2 cm³/mol. The number of hydrogen-bond donors (Lipinski definition) is 0. The second kappa shape index (κ2) is 7.45. The summed E-state index contributed by atoms with van der Waals surface area (Å²) < 4.78 is 31.5. The molecule has 10 heteroatoms. The molecule has 0 spiro atoms. The van der Waals surface area contributed by atoms with Gasteiger partial charge in [-0.3, -0.25) is 14.9 Å². The molecule has 0 aromatic heterocycles. The lowest BCUT2D eigenvalue weighted by atomic mass is 10.0. The molecule has 0 bridgehead atoms. The third-order valence-corrected chi connectivity index (χ3v) is 5.94. The highest BCUT2D eigenvalue weighted by atomic mass is 35.5. The molecule has 0 N–H and O–H groups in total. The van der Waals surface area contributed by atoms with Crippen LogP contribution in [-0.4, -0.2) is 43.3 Å². The molecule has 1 aliphatic rings. The van der Waals surface area contributed by atoms with E-state index in [1.807, 2.05) is 0 Å². The molecule has 2 rings (SSSR count). The van der Waals surface area contributed by atoms with Crippen LogP contribution in [0.3, 0.4) is 0 Å². The van der Waals surface area contributed by atoms with Crippen LogP contribution in [0.1, 0.15) is 19.8 Å². The van der Waals surface area contributed by atoms with E-state index < -0.39 is 32.5 Å². The number of rotatable bonds is 5. The van der Waals surface area contributed by atoms with Gasteiger partial charge in [-0.2, -0.15) is 4.31 Å². The Kier molecular flexibility index (Phi) is 5.79. The van der Waals surface area contributed by atoms with Crippen molar-refractivity contribution in [2.45, 2.75) is 24.7 Å². The Morgan fingerprint density at radius 2 is 2.21 bits per heavy atom. The molecule has 1 atom stereocenters. The first-order valence-electron chi connectivity index (χ1n) is 7.38. The Balaban J connectivity index is 2.28. The minimum absolute atomic E-state index is 0.00239. The van der Waals surface area contributed by atoms with E-state index >= 15 is 0 Å². The Bertz CT molecular complexity index is 752. The number of piperidine rings is 1. The van der Waals surface area contributed by atoms with Gasteiger partial charge in [-0.25, -0.2) is 8.42 Å². The van der Waals surface area contributed by atoms with Gasteiger partial charge in [0.1, 0.15) is 5.02 Å². The summed E-state index contributed by atoms with van der Waals surface area (Å²) in [5.41, 5.74) is -0.475. The molecular weight excluding hydrogens is 360 g/mol. The minimum Gasteiger partial charge on any atom is -0.466 e. The van der Waals surface area contributed by atoms with E-state index in [0.29, 0.717) is 12.8 Å². The van der Waals surface area contributed by atoms with E-state index in [1.165, 1.54) is 12.1 Å². The number of esters is 1. The summed E-state index contributed by atoms with van der Waals surface area (Å²) in [6, 6.07) is 3.34. The number of carbonyl (C=O) groups is 1. The number of ether oxygens (including phenoxy) is 1. The first kappa shape index (κ1) is 18.6. The number of nitro benzene ring substituents is 1. The Hall–Kier alpha value is -1.71. The van der Waals surface area contributed by atoms with Gasteiger partial charge in [0, 0.05) is 19.2 Å². The van der Waals surface area contributed by atoms with Gasteiger partial charge in [-0.1, -0.05) is 11.6 Å². The highest BCUT2D eigenvalue weighted by Gasteiger charge is 2.34. The summed E-state index contributed by atoms with van der Waals surface area (Å²) in [5, 5.41) is 10.8. The maximum Gasteiger partial charge on any atom is 0.310 e. The molecule has 0 unspecified atom stereocenters. The Labute approximate surface area is 144 Å². The fraction of sp³-hybridized carbons (Fsp3) is 0.500. The fourth-order valence-electron chi connectivity index (χ4n) is 2.56. The summed E-state index contributed by atoms with van der Waals surface area (Å²) in [7, 11) is -3.95. The van der Waals surface area contributed by atoms with Crippen LogP contribution >= 0.6 is 11.6 Å². The van der Waals surface area contributed by atoms with E-state index in [4.69, 9.17) is 16.3 Å². The van der Waals surface area contributed by atoms with Crippen molar-refractivity contribution in [1.82, 2.24) is 4.31 Å². The van der Waals surface area contributed by atoms with Crippen molar-refractivity contribution < 1.29 is 22.9 Å². The number of nitro groups is 1. The third kappa shape index (κ3) is 3.85. The number of sulfonamides is 1. The lowest BCUT2D eigenvalue weighted by molar-refractivity contribution is -0.384. The van der Waals surface area contributed by atoms with E-state index in [0.717, 1.165) is 10.4 Å². The number of hydrogen-bond acceptors (Lipinski definition) is 6. The zero-order valence-electron chi connectivity index (χ0n) is 13.0. The average Bonchev–Trinajstić information content (AvgIpc) is 2.55. The molecule has 1 aromatic carbocycles. The van der Waals surface area contributed by atoms with Crippen molar-refractivity contribution in [1.29, 1.82) is 0 Å². The lowest BCUT2D eigenvalue weighted by Gasteiger charge is -2.30. The molecule has 1 aliphatic heterocycles. The summed E-state index contributed by atoms with van der Waals surface area (Å²) in [6.45, 7) is 2.15. The molecule has 24 heavy (non-hydrogen) atoms. The third-order valence-electron chi connectivity index (χ3n) is 3.76. The molecule has 1 heterocycles. The first-order chi connectivity index (χ1) is 11.3. The van der Waals surface area contributed by atoms with Crippen molar-refractivity contribution >= 4 is 33.3 Å². The molecule has 0 radical (unpaired) electrons. The molecular formula is C14H17ClN2O6S. The molecule has 0 amide bonds. The average molecular weight is 377 g/mol. The maximum absolute atomic E-state index is 12.7. The predicted octanol–water partition coefficient (Wildman–Crippen LogP) is 2.21. The second-order valence-corrected chi connectivity index (χ2v) is 7.67. The number of halogens is 1. The van der Waals surface area contributed by atoms with Gasteiger partial charge in [0.2, 0.25) is 10.0 Å². The molecule has 1 aromatic rings. The Morgan fingerprint density at radius 3 is 2.83 bits per heavy atom. The number of carbonyl (C=O) groups excluding carboxylic acids is 1. The second-order valence-electron chi connectivity index (χ2n) is 5.32. The van der Waals surface area contributed by atoms with Gasteiger partial charge in [0.05, 0.1) is 22.3 Å².